The van der Waals surface area contributed by atoms with Crippen LogP contribution in [0.5, 0.6) is 0 Å². The molecule has 0 saturated heterocycles. The van der Waals surface area contributed by atoms with Gasteiger partial charge in [0.15, 0.2) is 0 Å². The molecule has 1 aromatic carbocycles. The summed E-state index contributed by atoms with van der Waals surface area (Å²) < 4.78 is 0. The van der Waals surface area contributed by atoms with E-state index in [1.54, 1.807) is 23.6 Å². The van der Waals surface area contributed by atoms with Gasteiger partial charge in [-0.3, -0.25) is 0 Å². The van der Waals surface area contributed by atoms with Gasteiger partial charge in [0.1, 0.15) is 5.01 Å². The summed E-state index contributed by atoms with van der Waals surface area (Å²) in [7, 11) is 0. The van der Waals surface area contributed by atoms with Gasteiger partial charge < -0.3 is 0 Å². The Kier molecular flexibility index (Phi) is 2.54. The molecule has 0 aliphatic carbocycles. The van der Waals surface area contributed by atoms with Gasteiger partial charge in [0, 0.05) is 27.2 Å². The Labute approximate surface area is 90.0 Å². The summed E-state index contributed by atoms with van der Waals surface area (Å²) in [5.74, 6) is 0. The minimum Gasteiger partial charge on any atom is -0.245 e. The highest BCUT2D eigenvalue weighted by Gasteiger charge is 2.02. The summed E-state index contributed by atoms with van der Waals surface area (Å²) in [6, 6.07) is 5.42. The number of nitrogens with zero attached hydrogens (tertiary/aromatic N) is 1. The maximum Gasteiger partial charge on any atom is 0.123 e. The zero-order valence-electron chi connectivity index (χ0n) is 6.50. The SMILES string of the molecule is Clc1cc(Cl)cc(-c2nccs2)c1. The molecular weight excluding hydrogens is 225 g/mol. The fourth-order valence-electron chi connectivity index (χ4n) is 1.04. The number of benzene rings is 1. The normalized spacial score (nSPS) is 10.3. The van der Waals surface area contributed by atoms with Gasteiger partial charge in [-0.2, -0.15) is 0 Å². The lowest BCUT2D eigenvalue weighted by molar-refractivity contribution is 1.41. The van der Waals surface area contributed by atoms with Gasteiger partial charge in [-0.25, -0.2) is 4.98 Å². The molecule has 4 heteroatoms. The molecule has 0 fully saturated rings. The Morgan fingerprint density at radius 3 is 2.31 bits per heavy atom. The molecule has 0 saturated carbocycles. The van der Waals surface area contributed by atoms with Crippen LogP contribution in [0.1, 0.15) is 0 Å². The highest BCUT2D eigenvalue weighted by molar-refractivity contribution is 7.13. The van der Waals surface area contributed by atoms with Crippen molar-refractivity contribution in [2.24, 2.45) is 0 Å². The first-order valence-corrected chi connectivity index (χ1v) is 5.25. The smallest absolute Gasteiger partial charge is 0.123 e. The Morgan fingerprint density at radius 1 is 1.08 bits per heavy atom. The van der Waals surface area contributed by atoms with Crippen molar-refractivity contribution in [3.05, 3.63) is 39.8 Å². The molecule has 66 valence electrons. The zero-order chi connectivity index (χ0) is 9.26. The molecule has 0 spiro atoms. The molecule has 0 unspecified atom stereocenters. The lowest BCUT2D eigenvalue weighted by Gasteiger charge is -1.98. The summed E-state index contributed by atoms with van der Waals surface area (Å²) in [6.07, 6.45) is 1.76. The van der Waals surface area contributed by atoms with E-state index in [0.717, 1.165) is 10.6 Å². The Morgan fingerprint density at radius 2 is 1.77 bits per heavy atom. The topological polar surface area (TPSA) is 12.9 Å². The van der Waals surface area contributed by atoms with E-state index in [-0.39, 0.29) is 0 Å². The molecule has 1 aromatic heterocycles. The van der Waals surface area contributed by atoms with Crippen LogP contribution in [0, 0.1) is 0 Å². The van der Waals surface area contributed by atoms with Crippen LogP contribution < -0.4 is 0 Å². The van der Waals surface area contributed by atoms with E-state index in [0.29, 0.717) is 10.0 Å². The number of rotatable bonds is 1. The second-order valence-electron chi connectivity index (χ2n) is 2.50. The number of thiazole rings is 1. The van der Waals surface area contributed by atoms with Crippen LogP contribution in [0.3, 0.4) is 0 Å². The second kappa shape index (κ2) is 3.66. The third-order valence-electron chi connectivity index (χ3n) is 1.54. The molecule has 0 bridgehead atoms. The lowest BCUT2D eigenvalue weighted by atomic mass is 10.2. The predicted octanol–water partition coefficient (Wildman–Crippen LogP) is 4.12. The Balaban J connectivity index is 2.53. The molecular formula is C9H5Cl2NS. The first-order valence-electron chi connectivity index (χ1n) is 3.61. The van der Waals surface area contributed by atoms with Crippen LogP contribution >= 0.6 is 34.5 Å². The number of hydrogen-bond donors (Lipinski definition) is 0. The predicted molar refractivity (Wildman–Crippen MR) is 57.6 cm³/mol. The lowest BCUT2D eigenvalue weighted by Crippen LogP contribution is -1.75. The van der Waals surface area contributed by atoms with Crippen molar-refractivity contribution >= 4 is 34.5 Å². The molecule has 0 amide bonds. The van der Waals surface area contributed by atoms with Crippen molar-refractivity contribution in [1.82, 2.24) is 4.98 Å². The quantitative estimate of drug-likeness (QED) is 0.718. The standard InChI is InChI=1S/C9H5Cl2NS/c10-7-3-6(4-8(11)5-7)9-12-1-2-13-9/h1-5H. The van der Waals surface area contributed by atoms with Crippen molar-refractivity contribution in [3.63, 3.8) is 0 Å². The van der Waals surface area contributed by atoms with Crippen molar-refractivity contribution in [2.75, 3.05) is 0 Å². The van der Waals surface area contributed by atoms with Crippen molar-refractivity contribution in [3.8, 4) is 10.6 Å². The first-order chi connectivity index (χ1) is 6.25. The highest BCUT2D eigenvalue weighted by atomic mass is 35.5. The number of halogens is 2. The van der Waals surface area contributed by atoms with Gasteiger partial charge in [0.05, 0.1) is 0 Å². The Hall–Kier alpha value is -0.570. The molecule has 0 N–H and O–H groups in total. The fourth-order valence-corrected chi connectivity index (χ4v) is 2.20. The van der Waals surface area contributed by atoms with Gasteiger partial charge in [-0.1, -0.05) is 23.2 Å². The van der Waals surface area contributed by atoms with Crippen molar-refractivity contribution in [1.29, 1.82) is 0 Å². The minimum absolute atomic E-state index is 0.637. The van der Waals surface area contributed by atoms with Gasteiger partial charge in [-0.05, 0) is 18.2 Å². The monoisotopic (exact) mass is 229 g/mol. The van der Waals surface area contributed by atoms with Crippen LogP contribution in [0.25, 0.3) is 10.6 Å². The van der Waals surface area contributed by atoms with E-state index in [1.165, 1.54) is 0 Å². The van der Waals surface area contributed by atoms with Gasteiger partial charge in [0.25, 0.3) is 0 Å². The average molecular weight is 230 g/mol. The summed E-state index contributed by atoms with van der Waals surface area (Å²) >= 11 is 13.3. The molecule has 0 aliphatic rings. The molecule has 13 heavy (non-hydrogen) atoms. The third kappa shape index (κ3) is 2.02. The molecule has 1 nitrogen and oxygen atoms in total. The summed E-state index contributed by atoms with van der Waals surface area (Å²) in [5, 5.41) is 4.13. The maximum absolute atomic E-state index is 5.86. The second-order valence-corrected chi connectivity index (χ2v) is 4.26. The first kappa shape index (κ1) is 9.00. The summed E-state index contributed by atoms with van der Waals surface area (Å²) in [4.78, 5) is 4.17. The van der Waals surface area contributed by atoms with Crippen molar-refractivity contribution in [2.45, 2.75) is 0 Å². The molecule has 0 atom stereocenters. The van der Waals surface area contributed by atoms with Gasteiger partial charge in [-0.15, -0.1) is 11.3 Å². The van der Waals surface area contributed by atoms with E-state index >= 15 is 0 Å². The third-order valence-corrected chi connectivity index (χ3v) is 2.80. The number of hydrogen-bond acceptors (Lipinski definition) is 2. The maximum atomic E-state index is 5.86. The highest BCUT2D eigenvalue weighted by Crippen LogP contribution is 2.28. The van der Waals surface area contributed by atoms with E-state index in [1.807, 2.05) is 17.5 Å². The molecule has 1 heterocycles. The van der Waals surface area contributed by atoms with Gasteiger partial charge >= 0.3 is 0 Å². The molecule has 0 radical (unpaired) electrons. The zero-order valence-corrected chi connectivity index (χ0v) is 8.83. The van der Waals surface area contributed by atoms with Crippen LogP contribution in [0.2, 0.25) is 10.0 Å². The van der Waals surface area contributed by atoms with Crippen LogP contribution in [0.15, 0.2) is 29.8 Å². The van der Waals surface area contributed by atoms with Crippen LogP contribution in [-0.4, -0.2) is 4.98 Å². The Bertz CT molecular complexity index is 391. The average Bonchev–Trinajstić information content (AvgIpc) is 2.53. The van der Waals surface area contributed by atoms with E-state index in [9.17, 15) is 0 Å². The molecule has 0 aliphatic heterocycles. The molecule has 2 rings (SSSR count). The van der Waals surface area contributed by atoms with E-state index in [2.05, 4.69) is 4.98 Å². The van der Waals surface area contributed by atoms with Crippen LogP contribution in [-0.2, 0) is 0 Å². The largest absolute Gasteiger partial charge is 0.245 e. The minimum atomic E-state index is 0.637. The fraction of sp³-hybridized carbons (Fsp3) is 0. The van der Waals surface area contributed by atoms with Crippen molar-refractivity contribution < 1.29 is 0 Å². The molecule has 2 aromatic rings. The summed E-state index contributed by atoms with van der Waals surface area (Å²) in [5.41, 5.74) is 0.965. The summed E-state index contributed by atoms with van der Waals surface area (Å²) in [6.45, 7) is 0. The van der Waals surface area contributed by atoms with E-state index in [4.69, 9.17) is 23.2 Å². The van der Waals surface area contributed by atoms with Gasteiger partial charge in [0.2, 0.25) is 0 Å². The number of aromatic nitrogens is 1. The van der Waals surface area contributed by atoms with Crippen LogP contribution in [0.4, 0.5) is 0 Å². The van der Waals surface area contributed by atoms with E-state index < -0.39 is 0 Å².